The summed E-state index contributed by atoms with van der Waals surface area (Å²) in [5.74, 6) is 3.76. The van der Waals surface area contributed by atoms with Crippen molar-refractivity contribution in [3.8, 4) is 148 Å². The van der Waals surface area contributed by atoms with E-state index in [2.05, 4.69) is 47.0 Å². The van der Waals surface area contributed by atoms with Gasteiger partial charge >= 0.3 is 0 Å². The van der Waals surface area contributed by atoms with Crippen molar-refractivity contribution < 1.29 is 0 Å². The van der Waals surface area contributed by atoms with E-state index in [0.717, 1.165) is 77.4 Å². The first-order chi connectivity index (χ1) is 46.0. The highest BCUT2D eigenvalue weighted by Gasteiger charge is 2.28. The van der Waals surface area contributed by atoms with Crippen LogP contribution < -0.4 is 0 Å². The van der Waals surface area contributed by atoms with Gasteiger partial charge in [-0.3, -0.25) is 0 Å². The van der Waals surface area contributed by atoms with Crippen LogP contribution in [0.25, 0.3) is 164 Å². The molecule has 0 aliphatic carbocycles. The SMILES string of the molecule is N#Cc1cc(-c2nc(-c3ccccc3)cc(-c3ccccc3)n2)c(-n2c3cc(-c4nc(-c5ccccc5)nc(-c5ccccc5)n4)ccc3c3ccc(-c4nc(-c5ccccc5)nc(-c5ccccc5)n4)cc32)c(-c2nc(-c3ccccc3)cc(-c3ccccc3)n2)c1. The lowest BCUT2D eigenvalue weighted by molar-refractivity contribution is 1.07. The van der Waals surface area contributed by atoms with Crippen molar-refractivity contribution in [2.45, 2.75) is 0 Å². The maximum atomic E-state index is 11.4. The Morgan fingerprint density at radius 3 is 0.731 bits per heavy atom. The van der Waals surface area contributed by atoms with Crippen LogP contribution in [0, 0.1) is 11.3 Å². The molecule has 0 bridgehead atoms. The fourth-order valence-electron chi connectivity index (χ4n) is 11.9. The summed E-state index contributed by atoms with van der Waals surface area (Å²) in [5, 5.41) is 13.2. The average Bonchev–Trinajstić information content (AvgIpc) is 1.91. The molecule has 0 fully saturated rings. The molecule has 0 atom stereocenters. The lowest BCUT2D eigenvalue weighted by Gasteiger charge is -2.20. The lowest BCUT2D eigenvalue weighted by Crippen LogP contribution is -2.07. The molecule has 16 rings (SSSR count). The van der Waals surface area contributed by atoms with Crippen LogP contribution in [0.15, 0.2) is 303 Å². The average molecular weight is 1190 g/mol. The van der Waals surface area contributed by atoms with Gasteiger partial charge < -0.3 is 4.57 Å². The first-order valence-corrected chi connectivity index (χ1v) is 30.4. The lowest BCUT2D eigenvalue weighted by atomic mass is 9.99. The van der Waals surface area contributed by atoms with Crippen LogP contribution in [0.4, 0.5) is 0 Å². The van der Waals surface area contributed by atoms with Gasteiger partial charge in [-0.1, -0.05) is 267 Å². The number of benzene rings is 11. The van der Waals surface area contributed by atoms with Gasteiger partial charge in [0.1, 0.15) is 0 Å². The number of hydrogen-bond donors (Lipinski definition) is 0. The molecule has 5 aromatic heterocycles. The summed E-state index contributed by atoms with van der Waals surface area (Å²) in [6.45, 7) is 0. The zero-order valence-electron chi connectivity index (χ0n) is 49.7. The van der Waals surface area contributed by atoms with Crippen LogP contribution in [0.1, 0.15) is 5.56 Å². The molecule has 0 radical (unpaired) electrons. The fourth-order valence-corrected chi connectivity index (χ4v) is 11.9. The number of hydrogen-bond acceptors (Lipinski definition) is 11. The number of rotatable bonds is 13. The second-order valence-corrected chi connectivity index (χ2v) is 22.3. The Morgan fingerprint density at radius 2 is 0.473 bits per heavy atom. The van der Waals surface area contributed by atoms with Crippen LogP contribution in [-0.2, 0) is 0 Å². The standard InChI is InChI=1S/C81H50N12/c82-51-52-45-65(80-83-67(53-25-9-1-10-26-53)49-68(84-80)54-27-11-2-12-28-54)73(66(46-52)81-85-69(55-29-13-3-14-30-55)50-70(86-81)56-31-15-4-16-32-56)93-71-47-61(78-89-74(57-33-17-5-18-34-57)87-75(90-78)58-35-19-6-20-36-58)41-43-63(71)64-44-42-62(48-72(64)93)79-91-76(59-37-21-7-22-38-59)88-77(92-79)60-39-23-8-24-40-60/h1-50H. The van der Waals surface area contributed by atoms with Crippen molar-refractivity contribution in [3.05, 3.63) is 309 Å². The Kier molecular flexibility index (Phi) is 14.3. The first kappa shape index (κ1) is 55.2. The predicted molar refractivity (Wildman–Crippen MR) is 369 cm³/mol. The highest BCUT2D eigenvalue weighted by molar-refractivity contribution is 6.12. The molecule has 0 saturated carbocycles. The molecule has 93 heavy (non-hydrogen) atoms. The van der Waals surface area contributed by atoms with E-state index in [1.807, 2.05) is 267 Å². The van der Waals surface area contributed by atoms with Gasteiger partial charge in [-0.15, -0.1) is 0 Å². The van der Waals surface area contributed by atoms with Crippen molar-refractivity contribution >= 4 is 21.8 Å². The van der Waals surface area contributed by atoms with Crippen LogP contribution in [0.3, 0.4) is 0 Å². The van der Waals surface area contributed by atoms with Gasteiger partial charge in [0.25, 0.3) is 0 Å². The molecule has 12 nitrogen and oxygen atoms in total. The maximum Gasteiger partial charge on any atom is 0.164 e. The Bertz CT molecular complexity index is 4920. The number of aromatic nitrogens is 11. The molecular formula is C81H50N12. The third kappa shape index (κ3) is 10.9. The summed E-state index contributed by atoms with van der Waals surface area (Å²) < 4.78 is 2.24. The van der Waals surface area contributed by atoms with Gasteiger partial charge in [-0.05, 0) is 36.4 Å². The third-order valence-corrected chi connectivity index (χ3v) is 16.4. The minimum absolute atomic E-state index is 0.343. The fraction of sp³-hybridized carbons (Fsp3) is 0. The monoisotopic (exact) mass is 1190 g/mol. The van der Waals surface area contributed by atoms with Crippen LogP contribution >= 0.6 is 0 Å². The molecule has 0 N–H and O–H groups in total. The summed E-state index contributed by atoms with van der Waals surface area (Å²) >= 11 is 0. The predicted octanol–water partition coefficient (Wildman–Crippen LogP) is 18.6. The van der Waals surface area contributed by atoms with Crippen LogP contribution in [0.2, 0.25) is 0 Å². The zero-order chi connectivity index (χ0) is 62.0. The summed E-state index contributed by atoms with van der Waals surface area (Å²) in [6.07, 6.45) is 0. The maximum absolute atomic E-state index is 11.4. The minimum atomic E-state index is 0.343. The van der Waals surface area contributed by atoms with Gasteiger partial charge in [-0.25, -0.2) is 49.8 Å². The van der Waals surface area contributed by atoms with E-state index < -0.39 is 0 Å². The van der Waals surface area contributed by atoms with Gasteiger partial charge in [0.15, 0.2) is 46.6 Å². The molecule has 434 valence electrons. The van der Waals surface area contributed by atoms with Gasteiger partial charge in [0, 0.05) is 77.5 Å². The molecule has 0 unspecified atom stereocenters. The largest absolute Gasteiger partial charge is 0.308 e. The molecule has 0 aliphatic heterocycles. The molecule has 0 aliphatic rings. The van der Waals surface area contributed by atoms with Crippen molar-refractivity contribution in [3.63, 3.8) is 0 Å². The molecule has 16 aromatic rings. The molecule has 5 heterocycles. The summed E-state index contributed by atoms with van der Waals surface area (Å²) in [5.41, 5.74) is 14.7. The zero-order valence-corrected chi connectivity index (χ0v) is 49.7. The molecular weight excluding hydrogens is 1140 g/mol. The summed E-state index contributed by atoms with van der Waals surface area (Å²) in [4.78, 5) is 53.3. The highest BCUT2D eigenvalue weighted by Crippen LogP contribution is 2.45. The van der Waals surface area contributed by atoms with Gasteiger partial charge in [0.2, 0.25) is 0 Å². The molecule has 11 aromatic carbocycles. The van der Waals surface area contributed by atoms with Crippen molar-refractivity contribution in [2.75, 3.05) is 0 Å². The van der Waals surface area contributed by atoms with Crippen LogP contribution in [0.5, 0.6) is 0 Å². The number of nitrogens with zero attached hydrogens (tertiary/aromatic N) is 12. The summed E-state index contributed by atoms with van der Waals surface area (Å²) in [6, 6.07) is 103. The molecule has 0 spiro atoms. The van der Waals surface area contributed by atoms with Gasteiger partial charge in [-0.2, -0.15) is 5.26 Å². The number of fused-ring (bicyclic) bond motifs is 3. The van der Waals surface area contributed by atoms with E-state index >= 15 is 0 Å². The van der Waals surface area contributed by atoms with Crippen molar-refractivity contribution in [1.29, 1.82) is 5.26 Å². The third-order valence-electron chi connectivity index (χ3n) is 16.4. The van der Waals surface area contributed by atoms with E-state index in [1.54, 1.807) is 0 Å². The van der Waals surface area contributed by atoms with Crippen molar-refractivity contribution in [1.82, 2.24) is 54.4 Å². The summed E-state index contributed by atoms with van der Waals surface area (Å²) in [7, 11) is 0. The highest BCUT2D eigenvalue weighted by atomic mass is 15.1. The Labute approximate surface area is 535 Å². The Morgan fingerprint density at radius 1 is 0.226 bits per heavy atom. The minimum Gasteiger partial charge on any atom is -0.308 e. The second-order valence-electron chi connectivity index (χ2n) is 22.3. The first-order valence-electron chi connectivity index (χ1n) is 30.4. The van der Waals surface area contributed by atoms with E-state index in [9.17, 15) is 5.26 Å². The normalized spacial score (nSPS) is 11.2. The van der Waals surface area contributed by atoms with E-state index in [0.29, 0.717) is 91.7 Å². The Balaban J connectivity index is 1.05. The molecule has 0 amide bonds. The number of nitriles is 1. The van der Waals surface area contributed by atoms with E-state index in [4.69, 9.17) is 49.8 Å². The molecule has 12 heteroatoms. The Hall–Kier alpha value is -13.1. The van der Waals surface area contributed by atoms with Crippen LogP contribution in [-0.4, -0.2) is 54.4 Å². The van der Waals surface area contributed by atoms with E-state index in [-0.39, 0.29) is 0 Å². The topological polar surface area (TPSA) is 158 Å². The second kappa shape index (κ2) is 24.1. The van der Waals surface area contributed by atoms with Gasteiger partial charge in [0.05, 0.1) is 51.1 Å². The van der Waals surface area contributed by atoms with E-state index in [1.165, 1.54) is 0 Å². The smallest absolute Gasteiger partial charge is 0.164 e. The van der Waals surface area contributed by atoms with Crippen molar-refractivity contribution in [2.24, 2.45) is 0 Å². The molecule has 0 saturated heterocycles. The quantitative estimate of drug-likeness (QED) is 0.108.